The Morgan fingerprint density at radius 1 is 1.15 bits per heavy atom. The summed E-state index contributed by atoms with van der Waals surface area (Å²) >= 11 is 0. The van der Waals surface area contributed by atoms with E-state index >= 15 is 0 Å². The number of carbonyl (C=O) groups is 1. The first-order valence-corrected chi connectivity index (χ1v) is 13.9. The molecule has 1 saturated heterocycles. The molecule has 1 aliphatic heterocycles. The van der Waals surface area contributed by atoms with Gasteiger partial charge < -0.3 is 23.6 Å². The van der Waals surface area contributed by atoms with Gasteiger partial charge in [-0.25, -0.2) is 9.78 Å². The Hall–Kier alpha value is -3.60. The predicted molar refractivity (Wildman–Crippen MR) is 145 cm³/mol. The summed E-state index contributed by atoms with van der Waals surface area (Å²) in [6, 6.07) is 8.39. The number of pyridine rings is 1. The van der Waals surface area contributed by atoms with Crippen molar-refractivity contribution in [1.29, 1.82) is 0 Å². The number of hydrogen-bond acceptors (Lipinski definition) is 8. The largest absolute Gasteiger partial charge is 0.573 e. The second-order valence-corrected chi connectivity index (χ2v) is 10.6. The Balaban J connectivity index is 1.29. The molecule has 3 aromatic rings. The van der Waals surface area contributed by atoms with Crippen molar-refractivity contribution in [3.8, 4) is 17.0 Å². The highest BCUT2D eigenvalue weighted by molar-refractivity contribution is 5.90. The van der Waals surface area contributed by atoms with E-state index < -0.39 is 12.3 Å². The lowest BCUT2D eigenvalue weighted by Gasteiger charge is -2.31. The quantitative estimate of drug-likeness (QED) is 0.180. The third-order valence-electron chi connectivity index (χ3n) is 7.83. The summed E-state index contributed by atoms with van der Waals surface area (Å²) < 4.78 is 60.1. The average molecular weight is 574 g/mol. The van der Waals surface area contributed by atoms with Crippen LogP contribution in [0.3, 0.4) is 0 Å². The van der Waals surface area contributed by atoms with E-state index in [4.69, 9.17) is 14.0 Å². The number of rotatable bonds is 11. The lowest BCUT2D eigenvalue weighted by molar-refractivity contribution is -0.274. The number of hydrogen-bond donors (Lipinski definition) is 0. The maximum Gasteiger partial charge on any atom is 0.573 e. The number of benzene rings is 1. The smallest absolute Gasteiger partial charge is 0.465 e. The molecule has 2 aromatic heterocycles. The summed E-state index contributed by atoms with van der Waals surface area (Å²) in [6.45, 7) is 4.63. The fourth-order valence-corrected chi connectivity index (χ4v) is 5.63. The molecule has 8 nitrogen and oxygen atoms in total. The van der Waals surface area contributed by atoms with Crippen molar-refractivity contribution in [3.05, 3.63) is 59.0 Å². The number of aromatic nitrogens is 2. The number of para-hydroxylation sites is 1. The van der Waals surface area contributed by atoms with Crippen LogP contribution in [-0.4, -0.2) is 48.3 Å². The number of methoxy groups -OCH3 is 1. The third-order valence-corrected chi connectivity index (χ3v) is 7.83. The van der Waals surface area contributed by atoms with Gasteiger partial charge in [-0.15, -0.1) is 13.2 Å². The van der Waals surface area contributed by atoms with Crippen LogP contribution >= 0.6 is 0 Å². The van der Waals surface area contributed by atoms with Gasteiger partial charge in [-0.3, -0.25) is 0 Å². The summed E-state index contributed by atoms with van der Waals surface area (Å²) in [5.74, 6) is 0.948. The number of anilines is 1. The summed E-state index contributed by atoms with van der Waals surface area (Å²) in [5.41, 5.74) is 2.44. The Morgan fingerprint density at radius 2 is 1.90 bits per heavy atom. The van der Waals surface area contributed by atoms with Crippen LogP contribution in [-0.2, 0) is 16.1 Å². The molecule has 0 radical (unpaired) electrons. The lowest BCUT2D eigenvalue weighted by Crippen LogP contribution is -2.37. The molecule has 2 fully saturated rings. The number of carbonyl (C=O) groups excluding carboxylic acids is 1. The molecule has 220 valence electrons. The Bertz CT molecular complexity index is 1370. The van der Waals surface area contributed by atoms with Gasteiger partial charge in [0.1, 0.15) is 23.0 Å². The fourth-order valence-electron chi connectivity index (χ4n) is 5.63. The number of alkyl halides is 3. The third kappa shape index (κ3) is 6.50. The Morgan fingerprint density at radius 3 is 2.59 bits per heavy atom. The highest BCUT2D eigenvalue weighted by atomic mass is 19.4. The summed E-state index contributed by atoms with van der Waals surface area (Å²) in [5, 5.41) is 4.15. The van der Waals surface area contributed by atoms with E-state index in [0.29, 0.717) is 35.2 Å². The van der Waals surface area contributed by atoms with Crippen LogP contribution in [0.4, 0.5) is 19.0 Å². The monoisotopic (exact) mass is 573 g/mol. The fraction of sp³-hybridized carbons (Fsp3) is 0.500. The minimum absolute atomic E-state index is 0.167. The van der Waals surface area contributed by atoms with Crippen molar-refractivity contribution in [1.82, 2.24) is 10.1 Å². The summed E-state index contributed by atoms with van der Waals surface area (Å²) in [4.78, 5) is 18.9. The van der Waals surface area contributed by atoms with Crippen molar-refractivity contribution in [2.75, 3.05) is 18.6 Å². The second-order valence-electron chi connectivity index (χ2n) is 10.6. The van der Waals surface area contributed by atoms with E-state index in [2.05, 4.69) is 26.7 Å². The molecule has 3 heterocycles. The van der Waals surface area contributed by atoms with E-state index in [1.165, 1.54) is 19.2 Å². The first-order chi connectivity index (χ1) is 19.7. The van der Waals surface area contributed by atoms with E-state index in [-0.39, 0.29) is 29.9 Å². The highest BCUT2D eigenvalue weighted by Crippen LogP contribution is 2.45. The molecule has 0 spiro atoms. The zero-order valence-electron chi connectivity index (χ0n) is 23.4. The van der Waals surface area contributed by atoms with Crippen LogP contribution in [0.15, 0.2) is 41.1 Å². The first kappa shape index (κ1) is 28.9. The lowest BCUT2D eigenvalue weighted by atomic mass is 10.0. The van der Waals surface area contributed by atoms with Crippen molar-refractivity contribution in [2.24, 2.45) is 0 Å². The molecule has 1 aliphatic carbocycles. The second kappa shape index (κ2) is 12.1. The van der Waals surface area contributed by atoms with Crippen molar-refractivity contribution >= 4 is 11.8 Å². The van der Waals surface area contributed by atoms with Gasteiger partial charge in [0.2, 0.25) is 0 Å². The van der Waals surface area contributed by atoms with E-state index in [1.807, 2.05) is 13.0 Å². The molecule has 2 aliphatic rings. The van der Waals surface area contributed by atoms with Crippen LogP contribution in [0.5, 0.6) is 5.75 Å². The van der Waals surface area contributed by atoms with Crippen molar-refractivity contribution < 1.29 is 36.7 Å². The predicted octanol–water partition coefficient (Wildman–Crippen LogP) is 6.96. The number of ether oxygens (including phenoxy) is 3. The van der Waals surface area contributed by atoms with Crippen LogP contribution in [0, 0.1) is 6.92 Å². The maximum absolute atomic E-state index is 13.1. The zero-order valence-corrected chi connectivity index (χ0v) is 23.4. The van der Waals surface area contributed by atoms with Gasteiger partial charge in [-0.2, -0.15) is 0 Å². The van der Waals surface area contributed by atoms with Gasteiger partial charge >= 0.3 is 12.3 Å². The van der Waals surface area contributed by atoms with Crippen molar-refractivity contribution in [2.45, 2.75) is 83.3 Å². The van der Waals surface area contributed by atoms with E-state index in [1.54, 1.807) is 18.3 Å². The highest BCUT2D eigenvalue weighted by Gasteiger charge is 2.36. The van der Waals surface area contributed by atoms with Crippen LogP contribution in [0.25, 0.3) is 11.3 Å². The molecule has 0 N–H and O–H groups in total. The normalized spacial score (nSPS) is 19.0. The molecular formula is C30H34F3N3O5. The Labute approximate surface area is 236 Å². The first-order valence-electron chi connectivity index (χ1n) is 13.9. The minimum Gasteiger partial charge on any atom is -0.465 e. The van der Waals surface area contributed by atoms with Crippen LogP contribution < -0.4 is 9.64 Å². The van der Waals surface area contributed by atoms with Gasteiger partial charge in [0.25, 0.3) is 0 Å². The molecular weight excluding hydrogens is 539 g/mol. The summed E-state index contributed by atoms with van der Waals surface area (Å²) in [7, 11) is 1.35. The van der Waals surface area contributed by atoms with E-state index in [9.17, 15) is 18.0 Å². The SMILES string of the molecule is CCC1CC[C@@H](CCOCc2c(-c3ccccc3OC(F)(F)F)noc2C2CC2)N1c1cc(C)c(C(=O)OC)cn1. The molecule has 0 amide bonds. The van der Waals surface area contributed by atoms with Gasteiger partial charge in [-0.1, -0.05) is 24.2 Å². The average Bonchev–Trinajstić information content (AvgIpc) is 3.57. The molecule has 2 atom stereocenters. The Kier molecular flexibility index (Phi) is 8.53. The number of halogens is 3. The molecule has 41 heavy (non-hydrogen) atoms. The molecule has 0 bridgehead atoms. The number of nitrogens with zero attached hydrogens (tertiary/aromatic N) is 3. The molecule has 5 rings (SSSR count). The topological polar surface area (TPSA) is 86.9 Å². The molecule has 1 aromatic carbocycles. The minimum atomic E-state index is -4.83. The zero-order chi connectivity index (χ0) is 29.1. The maximum atomic E-state index is 13.1. The van der Waals surface area contributed by atoms with Gasteiger partial charge in [0.15, 0.2) is 0 Å². The van der Waals surface area contributed by atoms with E-state index in [0.717, 1.165) is 49.9 Å². The van der Waals surface area contributed by atoms with Crippen LogP contribution in [0.1, 0.15) is 78.6 Å². The molecule has 1 unspecified atom stereocenters. The number of aryl methyl sites for hydroxylation is 1. The van der Waals surface area contributed by atoms with Gasteiger partial charge in [0.05, 0.1) is 19.3 Å². The van der Waals surface area contributed by atoms with Crippen molar-refractivity contribution in [3.63, 3.8) is 0 Å². The van der Waals surface area contributed by atoms with Crippen LogP contribution in [0.2, 0.25) is 0 Å². The number of esters is 1. The van der Waals surface area contributed by atoms with Gasteiger partial charge in [0, 0.05) is 41.9 Å². The van der Waals surface area contributed by atoms with Gasteiger partial charge in [-0.05, 0) is 69.2 Å². The summed E-state index contributed by atoms with van der Waals surface area (Å²) in [6.07, 6.45) is 2.34. The molecule has 1 saturated carbocycles. The standard InChI is InChI=1S/C30H34F3N3O5/c1-4-20-11-12-21(36(20)26-15-18(2)23(16-34-26)29(37)38-3)13-14-39-17-24-27(35-41-28(24)19-9-10-19)22-7-5-6-8-25(22)40-30(31,32)33/h5-8,15-16,19-21H,4,9-14,17H2,1-3H3/t20?,21-/m0/s1. The molecule has 11 heteroatoms.